The lowest BCUT2D eigenvalue weighted by Crippen LogP contribution is -2.43. The molecule has 1 aliphatic heterocycles. The summed E-state index contributed by atoms with van der Waals surface area (Å²) in [5.74, 6) is -5.41. The Balaban J connectivity index is 1.29. The van der Waals surface area contributed by atoms with Gasteiger partial charge in [-0.25, -0.2) is 18.2 Å². The van der Waals surface area contributed by atoms with Crippen molar-refractivity contribution in [2.45, 2.75) is 18.8 Å². The van der Waals surface area contributed by atoms with E-state index in [1.54, 1.807) is 0 Å². The fourth-order valence-corrected chi connectivity index (χ4v) is 4.03. The molecule has 4 rings (SSSR count). The van der Waals surface area contributed by atoms with Crippen LogP contribution in [0.3, 0.4) is 0 Å². The Morgan fingerprint density at radius 2 is 1.61 bits per heavy atom. The summed E-state index contributed by atoms with van der Waals surface area (Å²) in [6, 6.07) is 9.49. The fraction of sp³-hybridized carbons (Fsp3) is 0.280. The maximum absolute atomic E-state index is 13.3. The number of halogens is 4. The normalized spacial score (nSPS) is 15.1. The van der Waals surface area contributed by atoms with Gasteiger partial charge in [0.25, 0.3) is 23.6 Å². The molecule has 1 fully saturated rings. The Hall–Kier alpha value is -3.90. The summed E-state index contributed by atoms with van der Waals surface area (Å²) in [6.45, 7) is 1.05. The van der Waals surface area contributed by atoms with Gasteiger partial charge in [-0.3, -0.25) is 14.4 Å². The van der Waals surface area contributed by atoms with Gasteiger partial charge < -0.3 is 25.3 Å². The van der Waals surface area contributed by atoms with Gasteiger partial charge in [-0.1, -0.05) is 11.6 Å². The summed E-state index contributed by atoms with van der Waals surface area (Å²) in [6.07, 6.45) is 0.533. The highest BCUT2D eigenvalue weighted by atomic mass is 35.5. The van der Waals surface area contributed by atoms with Crippen molar-refractivity contribution >= 4 is 40.7 Å². The van der Waals surface area contributed by atoms with Crippen LogP contribution in [0.2, 0.25) is 5.02 Å². The fourth-order valence-electron chi connectivity index (χ4n) is 3.78. The molecule has 0 spiro atoms. The smallest absolute Gasteiger partial charge is 0.293 e. The number of carbonyl (C=O) groups is 3. The lowest BCUT2D eigenvalue weighted by molar-refractivity contribution is -0.0547. The van der Waals surface area contributed by atoms with Gasteiger partial charge in [0, 0.05) is 50.4 Å². The van der Waals surface area contributed by atoms with Gasteiger partial charge in [0.05, 0.1) is 10.6 Å². The van der Waals surface area contributed by atoms with Crippen molar-refractivity contribution in [3.8, 4) is 0 Å². The molecule has 2 aromatic carbocycles. The predicted octanol–water partition coefficient (Wildman–Crippen LogP) is 4.43. The molecule has 2 heterocycles. The topological polar surface area (TPSA) is 117 Å². The van der Waals surface area contributed by atoms with E-state index in [1.165, 1.54) is 30.3 Å². The van der Waals surface area contributed by atoms with Gasteiger partial charge in [-0.15, -0.1) is 0 Å². The third-order valence-electron chi connectivity index (χ3n) is 5.87. The molecule has 1 aromatic heterocycles. The number of anilines is 2. The lowest BCUT2D eigenvalue weighted by atomic mass is 10.1. The number of likely N-dealkylation sites (tertiary alicyclic amines) is 1. The number of hydrogen-bond acceptors (Lipinski definition) is 6. The number of alkyl halides is 2. The van der Waals surface area contributed by atoms with Crippen molar-refractivity contribution in [2.24, 2.45) is 0 Å². The van der Waals surface area contributed by atoms with Crippen molar-refractivity contribution in [2.75, 3.05) is 36.8 Å². The van der Waals surface area contributed by atoms with E-state index in [4.69, 9.17) is 16.0 Å². The van der Waals surface area contributed by atoms with E-state index in [-0.39, 0.29) is 54.5 Å². The molecule has 9 nitrogen and oxygen atoms in total. The van der Waals surface area contributed by atoms with E-state index in [0.29, 0.717) is 17.9 Å². The average molecular weight is 550 g/mol. The van der Waals surface area contributed by atoms with Crippen LogP contribution in [0, 0.1) is 5.82 Å². The third kappa shape index (κ3) is 6.90. The molecule has 3 N–H and O–H groups in total. The van der Waals surface area contributed by atoms with Crippen LogP contribution in [-0.2, 0) is 0 Å². The maximum atomic E-state index is 13.3. The largest absolute Gasteiger partial charge is 0.437 e. The van der Waals surface area contributed by atoms with Crippen LogP contribution in [0.4, 0.5) is 24.5 Å². The number of benzene rings is 2. The highest BCUT2D eigenvalue weighted by molar-refractivity contribution is 6.34. The molecule has 0 atom stereocenters. The SMILES string of the molecule is O=C(Nc1ccc(NC(=O)c2ocnc2C(=O)NCCN2CCC(F)(F)CC2)cc1)c1ccc(F)cc1Cl. The van der Waals surface area contributed by atoms with Gasteiger partial charge in [-0.05, 0) is 42.5 Å². The maximum Gasteiger partial charge on any atom is 0.293 e. The van der Waals surface area contributed by atoms with Crippen molar-refractivity contribution < 1.29 is 32.0 Å². The summed E-state index contributed by atoms with van der Waals surface area (Å²) in [5.41, 5.74) is 0.620. The van der Waals surface area contributed by atoms with Gasteiger partial charge >= 0.3 is 0 Å². The van der Waals surface area contributed by atoms with E-state index >= 15 is 0 Å². The minimum atomic E-state index is -2.64. The minimum Gasteiger partial charge on any atom is -0.437 e. The first-order valence-corrected chi connectivity index (χ1v) is 12.0. The lowest BCUT2D eigenvalue weighted by Gasteiger charge is -2.31. The number of nitrogens with one attached hydrogen (secondary N) is 3. The van der Waals surface area contributed by atoms with Crippen LogP contribution < -0.4 is 16.0 Å². The van der Waals surface area contributed by atoms with E-state index < -0.39 is 29.5 Å². The highest BCUT2D eigenvalue weighted by Gasteiger charge is 2.33. The molecular formula is C25H23ClF3N5O4. The first kappa shape index (κ1) is 27.1. The first-order valence-electron chi connectivity index (χ1n) is 11.6. The summed E-state index contributed by atoms with van der Waals surface area (Å²) < 4.78 is 44.8. The molecule has 1 aliphatic rings. The summed E-state index contributed by atoms with van der Waals surface area (Å²) in [4.78, 5) is 43.2. The van der Waals surface area contributed by atoms with E-state index in [1.807, 2.05) is 4.90 Å². The summed E-state index contributed by atoms with van der Waals surface area (Å²) in [5, 5.41) is 7.78. The van der Waals surface area contributed by atoms with Crippen molar-refractivity contribution in [3.63, 3.8) is 0 Å². The number of piperidine rings is 1. The number of nitrogens with zero attached hydrogens (tertiary/aromatic N) is 2. The number of oxazole rings is 1. The number of amides is 3. The molecule has 0 unspecified atom stereocenters. The predicted molar refractivity (Wildman–Crippen MR) is 133 cm³/mol. The third-order valence-corrected chi connectivity index (χ3v) is 6.18. The quantitative estimate of drug-likeness (QED) is 0.383. The molecule has 0 saturated carbocycles. The van der Waals surface area contributed by atoms with E-state index in [2.05, 4.69) is 20.9 Å². The Kier molecular flexibility index (Phi) is 8.32. The second-order valence-corrected chi connectivity index (χ2v) is 9.00. The van der Waals surface area contributed by atoms with Crippen LogP contribution >= 0.6 is 11.6 Å². The van der Waals surface area contributed by atoms with Gasteiger partial charge in [0.2, 0.25) is 5.76 Å². The number of rotatable bonds is 8. The molecular weight excluding hydrogens is 527 g/mol. The standard InChI is InChI=1S/C25H23ClF3N5O4/c26-19-13-15(27)1-6-18(19)22(35)32-16-2-4-17(5-3-16)33-24(37)21-20(31-14-38-21)23(36)30-9-12-34-10-7-25(28,29)8-11-34/h1-6,13-14H,7-12H2,(H,30,36)(H,32,35)(H,33,37). The van der Waals surface area contributed by atoms with Gasteiger partial charge in [0.1, 0.15) is 5.82 Å². The van der Waals surface area contributed by atoms with Crippen LogP contribution in [0.1, 0.15) is 44.2 Å². The Morgan fingerprint density at radius 3 is 2.24 bits per heavy atom. The second kappa shape index (κ2) is 11.7. The summed E-state index contributed by atoms with van der Waals surface area (Å²) in [7, 11) is 0. The molecule has 0 aliphatic carbocycles. The molecule has 0 bridgehead atoms. The molecule has 3 aromatic rings. The zero-order valence-electron chi connectivity index (χ0n) is 19.9. The van der Waals surface area contributed by atoms with E-state index in [0.717, 1.165) is 18.5 Å². The minimum absolute atomic E-state index is 0.0329. The molecule has 0 radical (unpaired) electrons. The molecule has 1 saturated heterocycles. The molecule has 13 heteroatoms. The Morgan fingerprint density at radius 1 is 0.974 bits per heavy atom. The first-order chi connectivity index (χ1) is 18.1. The summed E-state index contributed by atoms with van der Waals surface area (Å²) >= 11 is 5.91. The molecule has 3 amide bonds. The highest BCUT2D eigenvalue weighted by Crippen LogP contribution is 2.27. The van der Waals surface area contributed by atoms with Crippen LogP contribution in [0.15, 0.2) is 53.3 Å². The second-order valence-electron chi connectivity index (χ2n) is 8.59. The van der Waals surface area contributed by atoms with Crippen LogP contribution in [0.25, 0.3) is 0 Å². The van der Waals surface area contributed by atoms with Crippen molar-refractivity contribution in [3.05, 3.63) is 76.7 Å². The number of carbonyl (C=O) groups excluding carboxylic acids is 3. The van der Waals surface area contributed by atoms with Gasteiger partial charge in [-0.2, -0.15) is 0 Å². The molecule has 38 heavy (non-hydrogen) atoms. The van der Waals surface area contributed by atoms with Crippen molar-refractivity contribution in [1.29, 1.82) is 0 Å². The zero-order chi connectivity index (χ0) is 27.3. The van der Waals surface area contributed by atoms with Gasteiger partial charge in [0.15, 0.2) is 12.1 Å². The zero-order valence-corrected chi connectivity index (χ0v) is 20.7. The van der Waals surface area contributed by atoms with Crippen molar-refractivity contribution in [1.82, 2.24) is 15.2 Å². The number of hydrogen-bond donors (Lipinski definition) is 3. The van der Waals surface area contributed by atoms with Crippen LogP contribution in [-0.4, -0.2) is 59.7 Å². The average Bonchev–Trinajstić information content (AvgIpc) is 3.36. The number of aromatic nitrogens is 1. The van der Waals surface area contributed by atoms with E-state index in [9.17, 15) is 27.6 Å². The molecule has 200 valence electrons. The Bertz CT molecular complexity index is 1320. The van der Waals surface area contributed by atoms with Crippen LogP contribution in [0.5, 0.6) is 0 Å². The monoisotopic (exact) mass is 549 g/mol. The Labute approximate surface area is 220 Å².